The number of nitrogens with two attached hydrogens (primary N) is 1. The molecule has 4 rings (SSSR count). The molecule has 0 saturated carbocycles. The van der Waals surface area contributed by atoms with Gasteiger partial charge in [0.25, 0.3) is 0 Å². The maximum atomic E-state index is 12.0. The minimum Gasteiger partial charge on any atom is -0.497 e. The number of fused-ring (bicyclic) bond motifs is 1. The molecule has 31 heavy (non-hydrogen) atoms. The molecular weight excluding hydrogens is 394 g/mol. The van der Waals surface area contributed by atoms with E-state index in [4.69, 9.17) is 15.2 Å². The monoisotopic (exact) mass is 417 g/mol. The Morgan fingerprint density at radius 1 is 1.23 bits per heavy atom. The van der Waals surface area contributed by atoms with Gasteiger partial charge < -0.3 is 20.1 Å². The van der Waals surface area contributed by atoms with Gasteiger partial charge in [-0.3, -0.25) is 4.79 Å². The molecule has 2 N–H and O–H groups in total. The van der Waals surface area contributed by atoms with Crippen molar-refractivity contribution >= 4 is 17.2 Å². The third-order valence-electron chi connectivity index (χ3n) is 5.40. The molecule has 1 aliphatic heterocycles. The lowest BCUT2D eigenvalue weighted by Crippen LogP contribution is -2.26. The number of nitrogens with zero attached hydrogens (tertiary/aromatic N) is 4. The van der Waals surface area contributed by atoms with Crippen LogP contribution in [0.5, 0.6) is 11.5 Å². The molecule has 3 aromatic rings. The van der Waals surface area contributed by atoms with E-state index in [9.17, 15) is 4.79 Å². The van der Waals surface area contributed by atoms with E-state index in [-0.39, 0.29) is 11.8 Å². The molecule has 1 aliphatic rings. The quantitative estimate of drug-likeness (QED) is 0.517. The van der Waals surface area contributed by atoms with Crippen LogP contribution in [0.1, 0.15) is 29.2 Å². The van der Waals surface area contributed by atoms with Crippen molar-refractivity contribution in [3.63, 3.8) is 0 Å². The highest BCUT2D eigenvalue weighted by Crippen LogP contribution is 2.31. The summed E-state index contributed by atoms with van der Waals surface area (Å²) in [5.41, 5.74) is 9.26. The zero-order valence-corrected chi connectivity index (χ0v) is 17.5. The van der Waals surface area contributed by atoms with Gasteiger partial charge in [0.1, 0.15) is 23.3 Å². The summed E-state index contributed by atoms with van der Waals surface area (Å²) in [6.07, 6.45) is 3.60. The Morgan fingerprint density at radius 2 is 1.97 bits per heavy atom. The van der Waals surface area contributed by atoms with Gasteiger partial charge in [-0.05, 0) is 30.7 Å². The predicted molar refractivity (Wildman–Crippen MR) is 117 cm³/mol. The van der Waals surface area contributed by atoms with Gasteiger partial charge >= 0.3 is 0 Å². The van der Waals surface area contributed by atoms with Crippen molar-refractivity contribution in [1.82, 2.24) is 19.5 Å². The number of carbonyl (C=O) groups excluding carboxylic acids is 1. The molecule has 8 heteroatoms. The third kappa shape index (κ3) is 3.90. The Hall–Kier alpha value is -3.99. The minimum absolute atomic E-state index is 0.0653. The first-order chi connectivity index (χ1) is 15.0. The number of benzene rings is 1. The smallest absolute Gasteiger partial charge is 0.245 e. The van der Waals surface area contributed by atoms with Gasteiger partial charge in [-0.15, -0.1) is 0 Å². The van der Waals surface area contributed by atoms with E-state index in [1.54, 1.807) is 29.7 Å². The first-order valence-electron chi connectivity index (χ1n) is 9.82. The number of aromatic nitrogens is 3. The molecule has 3 heterocycles. The SMILES string of the molecule is C=CC(=O)N1CC[C@H](c2cc(C#Cc3cc(OC)cc(OC)c3)c3c(N)ncnn23)C1. The van der Waals surface area contributed by atoms with Crippen molar-refractivity contribution in [1.29, 1.82) is 0 Å². The van der Waals surface area contributed by atoms with Crippen LogP contribution in [0.4, 0.5) is 5.82 Å². The lowest BCUT2D eigenvalue weighted by Gasteiger charge is -2.14. The van der Waals surface area contributed by atoms with Crippen LogP contribution in [0.15, 0.2) is 43.2 Å². The summed E-state index contributed by atoms with van der Waals surface area (Å²) < 4.78 is 12.4. The predicted octanol–water partition coefficient (Wildman–Crippen LogP) is 2.23. The third-order valence-corrected chi connectivity index (χ3v) is 5.40. The van der Waals surface area contributed by atoms with Crippen molar-refractivity contribution in [2.75, 3.05) is 33.0 Å². The topological polar surface area (TPSA) is 95.0 Å². The second kappa shape index (κ2) is 8.40. The first-order valence-corrected chi connectivity index (χ1v) is 9.82. The average Bonchev–Trinajstić information content (AvgIpc) is 3.42. The molecule has 1 aromatic carbocycles. The average molecular weight is 417 g/mol. The van der Waals surface area contributed by atoms with Crippen molar-refractivity contribution in [2.24, 2.45) is 0 Å². The molecule has 0 unspecified atom stereocenters. The minimum atomic E-state index is -0.0653. The van der Waals surface area contributed by atoms with Crippen molar-refractivity contribution in [3.05, 3.63) is 60.1 Å². The van der Waals surface area contributed by atoms with Gasteiger partial charge in [-0.1, -0.05) is 18.4 Å². The number of rotatable bonds is 4. The number of carbonyl (C=O) groups is 1. The van der Waals surface area contributed by atoms with Crippen molar-refractivity contribution in [3.8, 4) is 23.3 Å². The number of ether oxygens (including phenoxy) is 2. The normalized spacial score (nSPS) is 15.4. The summed E-state index contributed by atoms with van der Waals surface area (Å²) in [6.45, 7) is 4.85. The molecule has 2 aromatic heterocycles. The Balaban J connectivity index is 1.75. The van der Waals surface area contributed by atoms with Crippen LogP contribution in [0, 0.1) is 11.8 Å². The highest BCUT2D eigenvalue weighted by molar-refractivity contribution is 5.87. The zero-order valence-electron chi connectivity index (χ0n) is 17.5. The van der Waals surface area contributed by atoms with Crippen LogP contribution in [-0.2, 0) is 4.79 Å². The van der Waals surface area contributed by atoms with Crippen LogP contribution >= 0.6 is 0 Å². The molecule has 0 aliphatic carbocycles. The Kier molecular flexibility index (Phi) is 5.50. The fourth-order valence-electron chi connectivity index (χ4n) is 3.83. The number of nitrogen functional groups attached to an aromatic ring is 1. The maximum absolute atomic E-state index is 12.0. The van der Waals surface area contributed by atoms with E-state index in [0.717, 1.165) is 23.2 Å². The number of likely N-dealkylation sites (tertiary alicyclic amines) is 1. The fraction of sp³-hybridized carbons (Fsp3) is 0.261. The molecule has 0 bridgehead atoms. The van der Waals surface area contributed by atoms with Crippen LogP contribution in [0.2, 0.25) is 0 Å². The maximum Gasteiger partial charge on any atom is 0.245 e. The van der Waals surface area contributed by atoms with Gasteiger partial charge in [0.05, 0.1) is 19.8 Å². The van der Waals surface area contributed by atoms with Crippen molar-refractivity contribution < 1.29 is 14.3 Å². The summed E-state index contributed by atoms with van der Waals surface area (Å²) in [5, 5.41) is 4.40. The first kappa shape index (κ1) is 20.3. The van der Waals surface area contributed by atoms with Gasteiger partial charge in [0, 0.05) is 36.3 Å². The molecular formula is C23H23N5O3. The number of hydrogen-bond donors (Lipinski definition) is 1. The molecule has 1 saturated heterocycles. The molecule has 1 atom stereocenters. The largest absolute Gasteiger partial charge is 0.497 e. The standard InChI is InChI=1S/C23H23N5O3/c1-4-21(29)27-8-7-17(13-27)20-11-16(22-23(24)25-14-26-28(20)22)6-5-15-9-18(30-2)12-19(10-15)31-3/h4,9-12,14,17H,1,7-8,13H2,2-3H3,(H2,24,25,26)/t17-/m0/s1. The summed E-state index contributed by atoms with van der Waals surface area (Å²) in [7, 11) is 3.19. The fourth-order valence-corrected chi connectivity index (χ4v) is 3.83. The van der Waals surface area contributed by atoms with E-state index in [0.29, 0.717) is 35.9 Å². The number of anilines is 1. The van der Waals surface area contributed by atoms with E-state index in [1.807, 2.05) is 18.2 Å². The Morgan fingerprint density at radius 3 is 2.65 bits per heavy atom. The number of hydrogen-bond acceptors (Lipinski definition) is 6. The molecule has 1 amide bonds. The molecule has 158 valence electrons. The second-order valence-electron chi connectivity index (χ2n) is 7.21. The molecule has 1 fully saturated rings. The highest BCUT2D eigenvalue weighted by atomic mass is 16.5. The van der Waals surface area contributed by atoms with Crippen LogP contribution < -0.4 is 15.2 Å². The van der Waals surface area contributed by atoms with E-state index >= 15 is 0 Å². The van der Waals surface area contributed by atoms with Crippen LogP contribution in [0.25, 0.3) is 5.52 Å². The van der Waals surface area contributed by atoms with Gasteiger partial charge in [0.2, 0.25) is 5.91 Å². The van der Waals surface area contributed by atoms with Gasteiger partial charge in [-0.2, -0.15) is 5.10 Å². The summed E-state index contributed by atoms with van der Waals surface area (Å²) in [5.74, 6) is 8.08. The number of amides is 1. The molecule has 8 nitrogen and oxygen atoms in total. The molecule has 0 spiro atoms. The van der Waals surface area contributed by atoms with E-state index < -0.39 is 0 Å². The highest BCUT2D eigenvalue weighted by Gasteiger charge is 2.29. The lowest BCUT2D eigenvalue weighted by molar-refractivity contribution is -0.125. The lowest BCUT2D eigenvalue weighted by atomic mass is 10.0. The van der Waals surface area contributed by atoms with Crippen LogP contribution in [-0.4, -0.2) is 52.7 Å². The Bertz CT molecular complexity index is 1200. The number of methoxy groups -OCH3 is 2. The van der Waals surface area contributed by atoms with Gasteiger partial charge in [0.15, 0.2) is 5.82 Å². The summed E-state index contributed by atoms with van der Waals surface area (Å²) in [6, 6.07) is 7.45. The summed E-state index contributed by atoms with van der Waals surface area (Å²) >= 11 is 0. The van der Waals surface area contributed by atoms with E-state index in [1.165, 1.54) is 12.4 Å². The zero-order chi connectivity index (χ0) is 22.0. The Labute approximate surface area is 180 Å². The van der Waals surface area contributed by atoms with Crippen LogP contribution in [0.3, 0.4) is 0 Å². The van der Waals surface area contributed by atoms with E-state index in [2.05, 4.69) is 28.5 Å². The van der Waals surface area contributed by atoms with Gasteiger partial charge in [-0.25, -0.2) is 9.50 Å². The second-order valence-corrected chi connectivity index (χ2v) is 7.21. The summed E-state index contributed by atoms with van der Waals surface area (Å²) in [4.78, 5) is 17.9. The molecule has 0 radical (unpaired) electrons. The van der Waals surface area contributed by atoms with Crippen molar-refractivity contribution in [2.45, 2.75) is 12.3 Å².